The van der Waals surface area contributed by atoms with E-state index >= 15 is 0 Å². The summed E-state index contributed by atoms with van der Waals surface area (Å²) in [6, 6.07) is -0.557. The molecule has 0 aromatic carbocycles. The van der Waals surface area contributed by atoms with E-state index in [-0.39, 0.29) is 18.5 Å². The van der Waals surface area contributed by atoms with E-state index in [0.717, 1.165) is 57.8 Å². The number of nitrogens with one attached hydrogen (secondary N) is 1. The molecule has 0 spiro atoms. The molecule has 1 amide bonds. The second-order valence-electron chi connectivity index (χ2n) is 16.1. The van der Waals surface area contributed by atoms with Gasteiger partial charge in [-0.2, -0.15) is 0 Å². The highest BCUT2D eigenvalue weighted by Crippen LogP contribution is 2.16. The van der Waals surface area contributed by atoms with Crippen molar-refractivity contribution in [1.29, 1.82) is 0 Å². The molecule has 0 bridgehead atoms. The maximum atomic E-state index is 12.4. The Morgan fingerprint density at radius 2 is 0.788 bits per heavy atom. The van der Waals surface area contributed by atoms with Gasteiger partial charge in [0.15, 0.2) is 0 Å². The van der Waals surface area contributed by atoms with Crippen LogP contribution in [0.2, 0.25) is 0 Å². The molecule has 52 heavy (non-hydrogen) atoms. The van der Waals surface area contributed by atoms with Crippen LogP contribution in [0.15, 0.2) is 0 Å². The molecule has 0 saturated carbocycles. The minimum absolute atomic E-state index is 0.0215. The van der Waals surface area contributed by atoms with Crippen LogP contribution >= 0.6 is 0 Å². The maximum absolute atomic E-state index is 12.4. The van der Waals surface area contributed by atoms with E-state index in [9.17, 15) is 19.8 Å². The molecule has 310 valence electrons. The SMILES string of the molecule is CCCCCCCCCCCCCCCCCCCC(=O)OCCCCCCCCCCCC(=O)NC(CO)C(O)CCCCCCCCCCC. The van der Waals surface area contributed by atoms with Crippen molar-refractivity contribution in [3.05, 3.63) is 0 Å². The number of amides is 1. The summed E-state index contributed by atoms with van der Waals surface area (Å²) in [7, 11) is 0. The fourth-order valence-electron chi connectivity index (χ4n) is 7.29. The van der Waals surface area contributed by atoms with Gasteiger partial charge in [0, 0.05) is 12.8 Å². The highest BCUT2D eigenvalue weighted by atomic mass is 16.5. The van der Waals surface area contributed by atoms with Crippen LogP contribution in [0, 0.1) is 0 Å². The lowest BCUT2D eigenvalue weighted by Crippen LogP contribution is -2.45. The molecule has 3 N–H and O–H groups in total. The molecule has 0 radical (unpaired) electrons. The van der Waals surface area contributed by atoms with E-state index in [0.29, 0.717) is 25.9 Å². The topological polar surface area (TPSA) is 95.9 Å². The van der Waals surface area contributed by atoms with Crippen molar-refractivity contribution in [3.8, 4) is 0 Å². The number of aliphatic hydroxyl groups excluding tert-OH is 2. The number of hydrogen-bond donors (Lipinski definition) is 3. The Hall–Kier alpha value is -1.14. The van der Waals surface area contributed by atoms with Crippen molar-refractivity contribution < 1.29 is 24.5 Å². The smallest absolute Gasteiger partial charge is 0.305 e. The Balaban J connectivity index is 3.43. The number of rotatable bonds is 43. The first-order valence-electron chi connectivity index (χ1n) is 23.3. The summed E-state index contributed by atoms with van der Waals surface area (Å²) in [4.78, 5) is 24.4. The molecule has 0 saturated heterocycles. The fraction of sp³-hybridized carbons (Fsp3) is 0.957. The van der Waals surface area contributed by atoms with E-state index in [2.05, 4.69) is 19.2 Å². The van der Waals surface area contributed by atoms with Gasteiger partial charge < -0.3 is 20.3 Å². The summed E-state index contributed by atoms with van der Waals surface area (Å²) in [6.45, 7) is 4.87. The molecule has 0 rings (SSSR count). The molecule has 0 aliphatic carbocycles. The number of aliphatic hydroxyl groups is 2. The van der Waals surface area contributed by atoms with Crippen molar-refractivity contribution in [1.82, 2.24) is 5.32 Å². The molecular formula is C46H91NO5. The molecule has 0 aromatic rings. The second kappa shape index (κ2) is 42.6. The van der Waals surface area contributed by atoms with Crippen LogP contribution < -0.4 is 5.32 Å². The lowest BCUT2D eigenvalue weighted by Gasteiger charge is -2.22. The standard InChI is InChI=1S/C46H91NO5/c1-3-5-7-9-11-13-14-15-16-17-18-19-20-24-28-32-36-40-46(51)52-41-37-33-29-25-21-23-27-31-35-39-45(50)47-43(42-48)44(49)38-34-30-26-22-12-10-8-6-4-2/h43-44,48-49H,3-42H2,1-2H3,(H,47,50). The van der Waals surface area contributed by atoms with Crippen LogP contribution in [-0.2, 0) is 14.3 Å². The van der Waals surface area contributed by atoms with Crippen LogP contribution in [0.25, 0.3) is 0 Å². The maximum Gasteiger partial charge on any atom is 0.305 e. The van der Waals surface area contributed by atoms with Gasteiger partial charge in [0.05, 0.1) is 25.4 Å². The van der Waals surface area contributed by atoms with E-state index < -0.39 is 12.1 Å². The van der Waals surface area contributed by atoms with Crippen molar-refractivity contribution in [2.45, 2.75) is 270 Å². The van der Waals surface area contributed by atoms with Gasteiger partial charge in [-0.15, -0.1) is 0 Å². The first-order valence-corrected chi connectivity index (χ1v) is 23.3. The predicted molar refractivity (Wildman–Crippen MR) is 223 cm³/mol. The fourth-order valence-corrected chi connectivity index (χ4v) is 7.29. The third-order valence-corrected chi connectivity index (χ3v) is 10.9. The van der Waals surface area contributed by atoms with Gasteiger partial charge in [0.25, 0.3) is 0 Å². The molecule has 0 aliphatic rings. The Bertz CT molecular complexity index is 732. The number of ether oxygens (including phenoxy) is 1. The monoisotopic (exact) mass is 738 g/mol. The predicted octanol–water partition coefficient (Wildman–Crippen LogP) is 13.2. The summed E-state index contributed by atoms with van der Waals surface area (Å²) < 4.78 is 5.45. The van der Waals surface area contributed by atoms with Crippen molar-refractivity contribution in [2.24, 2.45) is 0 Å². The number of unbranched alkanes of at least 4 members (excludes halogenated alkanes) is 32. The Morgan fingerprint density at radius 3 is 1.17 bits per heavy atom. The molecule has 2 unspecified atom stereocenters. The number of hydrogen-bond acceptors (Lipinski definition) is 5. The number of esters is 1. The Kier molecular flexibility index (Phi) is 41.7. The Labute approximate surface area is 324 Å². The van der Waals surface area contributed by atoms with E-state index in [1.165, 1.54) is 167 Å². The minimum atomic E-state index is -0.677. The van der Waals surface area contributed by atoms with Gasteiger partial charge in [0.2, 0.25) is 5.91 Å². The number of carbonyl (C=O) groups is 2. The highest BCUT2D eigenvalue weighted by molar-refractivity contribution is 5.76. The molecular weight excluding hydrogens is 647 g/mol. The first-order chi connectivity index (χ1) is 25.5. The van der Waals surface area contributed by atoms with Gasteiger partial charge in [-0.1, -0.05) is 219 Å². The largest absolute Gasteiger partial charge is 0.466 e. The summed E-state index contributed by atoms with van der Waals surface area (Å²) in [6.07, 6.45) is 44.9. The molecule has 6 nitrogen and oxygen atoms in total. The highest BCUT2D eigenvalue weighted by Gasteiger charge is 2.20. The zero-order chi connectivity index (χ0) is 38.0. The van der Waals surface area contributed by atoms with Crippen LogP contribution in [0.5, 0.6) is 0 Å². The molecule has 0 aromatic heterocycles. The minimum Gasteiger partial charge on any atom is -0.466 e. The van der Waals surface area contributed by atoms with Gasteiger partial charge in [-0.25, -0.2) is 0 Å². The zero-order valence-electron chi connectivity index (χ0n) is 35.1. The zero-order valence-corrected chi connectivity index (χ0v) is 35.1. The van der Waals surface area contributed by atoms with Crippen LogP contribution in [-0.4, -0.2) is 47.4 Å². The van der Waals surface area contributed by atoms with Crippen molar-refractivity contribution in [2.75, 3.05) is 13.2 Å². The van der Waals surface area contributed by atoms with Crippen LogP contribution in [0.3, 0.4) is 0 Å². The quantitative estimate of drug-likeness (QED) is 0.0428. The summed E-state index contributed by atoms with van der Waals surface area (Å²) >= 11 is 0. The van der Waals surface area contributed by atoms with Gasteiger partial charge >= 0.3 is 5.97 Å². The molecule has 0 fully saturated rings. The third-order valence-electron chi connectivity index (χ3n) is 10.9. The molecule has 0 heterocycles. The summed E-state index contributed by atoms with van der Waals surface area (Å²) in [5, 5.41) is 23.0. The number of carbonyl (C=O) groups excluding carboxylic acids is 2. The van der Waals surface area contributed by atoms with Gasteiger partial charge in [-0.3, -0.25) is 9.59 Å². The van der Waals surface area contributed by atoms with E-state index in [1.54, 1.807) is 0 Å². The van der Waals surface area contributed by atoms with E-state index in [4.69, 9.17) is 4.74 Å². The Morgan fingerprint density at radius 1 is 0.462 bits per heavy atom. The molecule has 2 atom stereocenters. The van der Waals surface area contributed by atoms with Gasteiger partial charge in [-0.05, 0) is 25.7 Å². The summed E-state index contributed by atoms with van der Waals surface area (Å²) in [5.74, 6) is -0.0853. The molecule has 6 heteroatoms. The third kappa shape index (κ3) is 38.6. The van der Waals surface area contributed by atoms with Crippen LogP contribution in [0.4, 0.5) is 0 Å². The van der Waals surface area contributed by atoms with Crippen LogP contribution in [0.1, 0.15) is 258 Å². The average molecular weight is 738 g/mol. The van der Waals surface area contributed by atoms with Crippen molar-refractivity contribution in [3.63, 3.8) is 0 Å². The van der Waals surface area contributed by atoms with Crippen molar-refractivity contribution >= 4 is 11.9 Å². The average Bonchev–Trinajstić information content (AvgIpc) is 3.14. The molecule has 0 aliphatic heterocycles. The second-order valence-corrected chi connectivity index (χ2v) is 16.1. The lowest BCUT2D eigenvalue weighted by molar-refractivity contribution is -0.143. The van der Waals surface area contributed by atoms with E-state index in [1.807, 2.05) is 0 Å². The van der Waals surface area contributed by atoms with Gasteiger partial charge in [0.1, 0.15) is 0 Å². The first kappa shape index (κ1) is 50.9. The summed E-state index contributed by atoms with van der Waals surface area (Å²) in [5.41, 5.74) is 0. The lowest BCUT2D eigenvalue weighted by atomic mass is 10.0. The normalized spacial score (nSPS) is 12.6.